The van der Waals surface area contributed by atoms with Gasteiger partial charge in [0, 0.05) is 5.88 Å². The summed E-state index contributed by atoms with van der Waals surface area (Å²) in [6.45, 7) is 4.07. The molecule has 16 heavy (non-hydrogen) atoms. The lowest BCUT2D eigenvalue weighted by Crippen LogP contribution is -2.22. The zero-order valence-electron chi connectivity index (χ0n) is 9.69. The molecule has 1 unspecified atom stereocenters. The van der Waals surface area contributed by atoms with Crippen LogP contribution in [-0.2, 0) is 6.42 Å². The van der Waals surface area contributed by atoms with E-state index in [-0.39, 0.29) is 5.41 Å². The lowest BCUT2D eigenvalue weighted by Gasteiger charge is -2.27. The summed E-state index contributed by atoms with van der Waals surface area (Å²) in [6.07, 6.45) is 2.38. The van der Waals surface area contributed by atoms with Crippen LogP contribution in [0.25, 0.3) is 0 Å². The Hall–Kier alpha value is -0.630. The molecule has 0 saturated heterocycles. The molecule has 0 nitrogen and oxygen atoms in total. The third-order valence-corrected chi connectivity index (χ3v) is 3.47. The molecule has 0 aliphatic heterocycles. The van der Waals surface area contributed by atoms with Crippen molar-refractivity contribution in [3.05, 3.63) is 35.4 Å². The second kappa shape index (κ2) is 5.62. The largest absolute Gasteiger partial charge is 0.204 e. The van der Waals surface area contributed by atoms with Crippen LogP contribution in [0.5, 0.6) is 0 Å². The molecule has 1 aromatic carbocycles. The molecule has 1 aromatic rings. The van der Waals surface area contributed by atoms with Crippen molar-refractivity contribution in [1.29, 1.82) is 0 Å². The van der Waals surface area contributed by atoms with Crippen molar-refractivity contribution < 1.29 is 8.78 Å². The Balaban J connectivity index is 2.90. The van der Waals surface area contributed by atoms with Crippen LogP contribution in [0.3, 0.4) is 0 Å². The van der Waals surface area contributed by atoms with Crippen molar-refractivity contribution in [1.82, 2.24) is 0 Å². The Morgan fingerprint density at radius 3 is 2.56 bits per heavy atom. The molecular weight excluding hydrogens is 230 g/mol. The third kappa shape index (κ3) is 3.18. The van der Waals surface area contributed by atoms with Gasteiger partial charge in [-0.15, -0.1) is 11.6 Å². The van der Waals surface area contributed by atoms with Gasteiger partial charge in [-0.25, -0.2) is 8.78 Å². The van der Waals surface area contributed by atoms with Crippen LogP contribution in [-0.4, -0.2) is 5.88 Å². The predicted octanol–water partition coefficient (Wildman–Crippen LogP) is 4.55. The van der Waals surface area contributed by atoms with E-state index in [1.54, 1.807) is 6.07 Å². The molecule has 0 bridgehead atoms. The fraction of sp³-hybridized carbons (Fsp3) is 0.538. The van der Waals surface area contributed by atoms with Crippen LogP contribution in [0.15, 0.2) is 18.2 Å². The average molecular weight is 247 g/mol. The summed E-state index contributed by atoms with van der Waals surface area (Å²) in [4.78, 5) is 0. The maximum absolute atomic E-state index is 13.5. The first-order valence-electron chi connectivity index (χ1n) is 5.51. The summed E-state index contributed by atoms with van der Waals surface area (Å²) in [7, 11) is 0. The van der Waals surface area contributed by atoms with Crippen molar-refractivity contribution in [2.24, 2.45) is 5.41 Å². The highest BCUT2D eigenvalue weighted by Crippen LogP contribution is 2.30. The lowest BCUT2D eigenvalue weighted by molar-refractivity contribution is 0.327. The second-order valence-electron chi connectivity index (χ2n) is 4.58. The van der Waals surface area contributed by atoms with E-state index in [1.807, 2.05) is 6.92 Å². The first kappa shape index (κ1) is 13.4. The van der Waals surface area contributed by atoms with Crippen LogP contribution in [0.4, 0.5) is 8.78 Å². The standard InChI is InChI=1S/C13H17ClF2/c1-3-7-13(2,9-14)8-10-5-4-6-11(15)12(10)16/h4-6H,3,7-9H2,1-2H3. The van der Waals surface area contributed by atoms with Gasteiger partial charge in [-0.1, -0.05) is 32.4 Å². The Kier molecular flexibility index (Phi) is 4.72. The highest BCUT2D eigenvalue weighted by atomic mass is 35.5. The van der Waals surface area contributed by atoms with Gasteiger partial charge in [0.15, 0.2) is 11.6 Å². The zero-order chi connectivity index (χ0) is 12.2. The minimum atomic E-state index is -0.786. The van der Waals surface area contributed by atoms with Crippen molar-refractivity contribution in [2.45, 2.75) is 33.1 Å². The van der Waals surface area contributed by atoms with Gasteiger partial charge < -0.3 is 0 Å². The first-order valence-corrected chi connectivity index (χ1v) is 6.05. The van der Waals surface area contributed by atoms with Gasteiger partial charge in [0.25, 0.3) is 0 Å². The minimum absolute atomic E-state index is 0.162. The van der Waals surface area contributed by atoms with E-state index in [2.05, 4.69) is 6.92 Å². The number of hydrogen-bond acceptors (Lipinski definition) is 0. The topological polar surface area (TPSA) is 0 Å². The number of benzene rings is 1. The van der Waals surface area contributed by atoms with Crippen LogP contribution < -0.4 is 0 Å². The van der Waals surface area contributed by atoms with Gasteiger partial charge in [-0.3, -0.25) is 0 Å². The Morgan fingerprint density at radius 2 is 2.00 bits per heavy atom. The summed E-state index contributed by atoms with van der Waals surface area (Å²) >= 11 is 5.91. The van der Waals surface area contributed by atoms with Gasteiger partial charge in [0.2, 0.25) is 0 Å². The van der Waals surface area contributed by atoms with Crippen LogP contribution in [0, 0.1) is 17.0 Å². The minimum Gasteiger partial charge on any atom is -0.204 e. The Morgan fingerprint density at radius 1 is 1.31 bits per heavy atom. The van der Waals surface area contributed by atoms with Crippen molar-refractivity contribution in [3.8, 4) is 0 Å². The van der Waals surface area contributed by atoms with Crippen molar-refractivity contribution in [2.75, 3.05) is 5.88 Å². The molecule has 0 spiro atoms. The normalized spacial score (nSPS) is 14.8. The second-order valence-corrected chi connectivity index (χ2v) is 4.85. The molecule has 90 valence electrons. The predicted molar refractivity (Wildman–Crippen MR) is 63.8 cm³/mol. The molecule has 0 saturated carbocycles. The Bertz CT molecular complexity index is 352. The fourth-order valence-corrected chi connectivity index (χ4v) is 2.18. The highest BCUT2D eigenvalue weighted by molar-refractivity contribution is 6.18. The molecule has 3 heteroatoms. The quantitative estimate of drug-likeness (QED) is 0.669. The Labute approximate surface area is 101 Å². The average Bonchev–Trinajstić information content (AvgIpc) is 2.25. The summed E-state index contributed by atoms with van der Waals surface area (Å²) in [5.41, 5.74) is 0.252. The molecule has 0 aliphatic rings. The smallest absolute Gasteiger partial charge is 0.162 e. The van der Waals surface area contributed by atoms with Crippen molar-refractivity contribution in [3.63, 3.8) is 0 Å². The van der Waals surface area contributed by atoms with E-state index in [4.69, 9.17) is 11.6 Å². The number of halogens is 3. The van der Waals surface area contributed by atoms with E-state index < -0.39 is 11.6 Å². The van der Waals surface area contributed by atoms with Gasteiger partial charge in [0.1, 0.15) is 0 Å². The van der Waals surface area contributed by atoms with Crippen LogP contribution in [0.2, 0.25) is 0 Å². The third-order valence-electron chi connectivity index (χ3n) is 2.82. The molecular formula is C13H17ClF2. The zero-order valence-corrected chi connectivity index (χ0v) is 10.5. The number of rotatable bonds is 5. The van der Waals surface area contributed by atoms with E-state index in [0.717, 1.165) is 18.9 Å². The van der Waals surface area contributed by atoms with Crippen LogP contribution >= 0.6 is 11.6 Å². The maximum Gasteiger partial charge on any atom is 0.162 e. The number of alkyl halides is 1. The van der Waals surface area contributed by atoms with Gasteiger partial charge in [-0.05, 0) is 29.9 Å². The molecule has 1 atom stereocenters. The summed E-state index contributed by atoms with van der Waals surface area (Å²) < 4.78 is 26.5. The lowest BCUT2D eigenvalue weighted by atomic mass is 9.81. The van der Waals surface area contributed by atoms with Gasteiger partial charge in [0.05, 0.1) is 0 Å². The molecule has 0 fully saturated rings. The van der Waals surface area contributed by atoms with E-state index in [9.17, 15) is 8.78 Å². The monoisotopic (exact) mass is 246 g/mol. The molecule has 0 aliphatic carbocycles. The molecule has 0 aromatic heterocycles. The van der Waals surface area contributed by atoms with E-state index in [0.29, 0.717) is 17.9 Å². The van der Waals surface area contributed by atoms with E-state index in [1.165, 1.54) is 6.07 Å². The molecule has 0 heterocycles. The highest BCUT2D eigenvalue weighted by Gasteiger charge is 2.24. The fourth-order valence-electron chi connectivity index (χ4n) is 1.95. The van der Waals surface area contributed by atoms with Gasteiger partial charge >= 0.3 is 0 Å². The molecule has 1 rings (SSSR count). The first-order chi connectivity index (χ1) is 7.52. The summed E-state index contributed by atoms with van der Waals surface area (Å²) in [5.74, 6) is -1.07. The van der Waals surface area contributed by atoms with E-state index >= 15 is 0 Å². The van der Waals surface area contributed by atoms with Crippen molar-refractivity contribution >= 4 is 11.6 Å². The van der Waals surface area contributed by atoms with Crippen LogP contribution in [0.1, 0.15) is 32.3 Å². The summed E-state index contributed by atoms with van der Waals surface area (Å²) in [6, 6.07) is 4.30. The SMILES string of the molecule is CCCC(C)(CCl)Cc1cccc(F)c1F. The molecule has 0 radical (unpaired) electrons. The molecule has 0 amide bonds. The maximum atomic E-state index is 13.5. The molecule has 0 N–H and O–H groups in total. The van der Waals surface area contributed by atoms with Gasteiger partial charge in [-0.2, -0.15) is 0 Å². The summed E-state index contributed by atoms with van der Waals surface area (Å²) in [5, 5.41) is 0. The number of hydrogen-bond donors (Lipinski definition) is 0.